The van der Waals surface area contributed by atoms with Gasteiger partial charge in [0.25, 0.3) is 0 Å². The predicted octanol–water partition coefficient (Wildman–Crippen LogP) is 13.4. The van der Waals surface area contributed by atoms with Crippen molar-refractivity contribution in [2.75, 3.05) is 0 Å². The van der Waals surface area contributed by atoms with Crippen molar-refractivity contribution in [1.29, 1.82) is 0 Å². The first kappa shape index (κ1) is 30.3. The van der Waals surface area contributed by atoms with Crippen LogP contribution in [0.3, 0.4) is 0 Å². The zero-order valence-electron chi connectivity index (χ0n) is 27.3. The van der Waals surface area contributed by atoms with E-state index in [0.29, 0.717) is 0 Å². The number of nitrogens with zero attached hydrogens (tertiary/aromatic N) is 4. The summed E-state index contributed by atoms with van der Waals surface area (Å²) in [6.07, 6.45) is 0. The van der Waals surface area contributed by atoms with Crippen molar-refractivity contribution < 1.29 is 16.5 Å². The van der Waals surface area contributed by atoms with Crippen LogP contribution in [-0.4, -0.2) is 9.97 Å². The van der Waals surface area contributed by atoms with E-state index >= 15 is 0 Å². The molecule has 13 rings (SSSR count). The zero-order valence-corrected chi connectivity index (χ0v) is 31.5. The number of hydrogen-bond acceptors (Lipinski definition) is 6. The van der Waals surface area contributed by atoms with E-state index in [9.17, 15) is 0 Å². The van der Waals surface area contributed by atoms with Gasteiger partial charge in [-0.2, -0.15) is 0 Å². The van der Waals surface area contributed by atoms with Gasteiger partial charge in [0.05, 0.1) is 32.5 Å². The predicted molar refractivity (Wildman–Crippen MR) is 224 cm³/mol. The van der Waals surface area contributed by atoms with E-state index < -0.39 is 0 Å². The van der Waals surface area contributed by atoms with Crippen molar-refractivity contribution in [3.05, 3.63) is 121 Å². The first-order valence-corrected chi connectivity index (χ1v) is 20.3. The first-order chi connectivity index (χ1) is 25.7. The van der Waals surface area contributed by atoms with Crippen LogP contribution in [0.25, 0.3) is 126 Å². The van der Waals surface area contributed by atoms with Crippen LogP contribution in [-0.2, 0) is 16.5 Å². The summed E-state index contributed by atoms with van der Waals surface area (Å²) in [6, 6.07) is 43.6. The molecule has 0 atom stereocenters. The molecule has 11 aromatic rings. The molecule has 4 nitrogen and oxygen atoms in total. The number of hydrogen-bond donors (Lipinski definition) is 0. The Morgan fingerprint density at radius 1 is 0.377 bits per heavy atom. The summed E-state index contributed by atoms with van der Waals surface area (Å²) < 4.78 is 7.37. The molecule has 0 unspecified atom stereocenters. The van der Waals surface area contributed by atoms with E-state index in [1.165, 1.54) is 81.4 Å². The van der Waals surface area contributed by atoms with Crippen LogP contribution in [0.15, 0.2) is 121 Å². The number of thiophene rings is 4. The molecule has 0 amide bonds. The summed E-state index contributed by atoms with van der Waals surface area (Å²) in [6.45, 7) is 0. The Bertz CT molecular complexity index is 3320. The molecule has 9 heterocycles. The molecule has 53 heavy (non-hydrogen) atoms. The molecule has 0 fully saturated rings. The molecule has 0 spiro atoms. The maximum absolute atomic E-state index is 5.41. The summed E-state index contributed by atoms with van der Waals surface area (Å²) in [5.74, 6) is 0. The van der Waals surface area contributed by atoms with Gasteiger partial charge in [-0.3, -0.25) is 0 Å². The maximum atomic E-state index is 5.41. The Hall–Kier alpha value is -5.15. The van der Waals surface area contributed by atoms with Crippen LogP contribution in [0.2, 0.25) is 0 Å². The average Bonchev–Trinajstić information content (AvgIpc) is 4.02. The summed E-state index contributed by atoms with van der Waals surface area (Å²) in [5, 5.41) is 7.25. The molecule has 250 valence electrons. The molecule has 0 saturated heterocycles. The fourth-order valence-electron chi connectivity index (χ4n) is 8.19. The van der Waals surface area contributed by atoms with Crippen LogP contribution in [0.5, 0.6) is 0 Å². The zero-order chi connectivity index (χ0) is 33.7. The van der Waals surface area contributed by atoms with Crippen molar-refractivity contribution in [3.63, 3.8) is 0 Å². The second kappa shape index (κ2) is 10.9. The van der Waals surface area contributed by atoms with Gasteiger partial charge in [0.1, 0.15) is 0 Å². The van der Waals surface area contributed by atoms with E-state index in [2.05, 4.69) is 121 Å². The molecule has 9 heteroatoms. The maximum Gasteiger partial charge on any atom is 2.00 e. The number of aromatic nitrogens is 4. The Balaban J connectivity index is 0.00000315. The fraction of sp³-hybridized carbons (Fsp3) is 0. The van der Waals surface area contributed by atoms with Crippen LogP contribution >= 0.6 is 45.3 Å². The van der Waals surface area contributed by atoms with Gasteiger partial charge in [0.15, 0.2) is 0 Å². The van der Waals surface area contributed by atoms with Gasteiger partial charge < -0.3 is 9.97 Å². The number of rotatable bonds is 0. The molecule has 0 saturated carbocycles. The standard InChI is InChI=1S/C44H20N4S4.Ni/c1-5-13-33-21(9-1)37-25-17-30-42-39(23-11-3-6-14-34(23)50-42)27(46-30)19-32-44-40(24-12-4-8-16-36(24)52-44)28(48-32)20-31-43-38(22-10-2-7-15-35(22)51-43)26(47-31)18-29(45-25)41(37)49-33;/h1-20H;/q-2;+2. The van der Waals surface area contributed by atoms with Crippen molar-refractivity contribution >= 4 is 128 Å². The molecular formula is C44H20N4NiS4. The van der Waals surface area contributed by atoms with Gasteiger partial charge in [0.2, 0.25) is 0 Å². The molecule has 0 radical (unpaired) electrons. The SMILES string of the molecule is [Ni+2].c1ccc2c3c(sc2c1)-c1cc2[n-]c(cc4nc(cc5[n-]c(cc-3n1)c1sc3ccccc3c51)-c1sc3ccccc3c1-4)c1sc3ccccc3c21. The summed E-state index contributed by atoms with van der Waals surface area (Å²) >= 11 is 7.23. The van der Waals surface area contributed by atoms with E-state index in [-0.39, 0.29) is 16.5 Å². The van der Waals surface area contributed by atoms with Gasteiger partial charge in [0, 0.05) is 50.1 Å². The quantitative estimate of drug-likeness (QED) is 0.144. The van der Waals surface area contributed by atoms with Gasteiger partial charge in [-0.25, -0.2) is 9.97 Å². The molecule has 2 aliphatic heterocycles. The normalized spacial score (nSPS) is 12.4. The molecule has 7 aromatic heterocycles. The molecule has 8 bridgehead atoms. The first-order valence-electron chi connectivity index (χ1n) is 17.0. The van der Waals surface area contributed by atoms with Crippen LogP contribution < -0.4 is 9.97 Å². The van der Waals surface area contributed by atoms with Gasteiger partial charge >= 0.3 is 16.5 Å². The summed E-state index contributed by atoms with van der Waals surface area (Å²) in [4.78, 5) is 24.0. The Morgan fingerprint density at radius 2 is 0.736 bits per heavy atom. The monoisotopic (exact) mass is 790 g/mol. The molecule has 4 aromatic carbocycles. The topological polar surface area (TPSA) is 54.0 Å². The third-order valence-electron chi connectivity index (χ3n) is 10.4. The van der Waals surface area contributed by atoms with E-state index in [1.807, 2.05) is 0 Å². The van der Waals surface area contributed by atoms with Crippen LogP contribution in [0.4, 0.5) is 0 Å². The minimum Gasteiger partial charge on any atom is -0.656 e. The largest absolute Gasteiger partial charge is 2.00 e. The van der Waals surface area contributed by atoms with E-state index in [0.717, 1.165) is 44.8 Å². The third kappa shape index (κ3) is 4.14. The van der Waals surface area contributed by atoms with Gasteiger partial charge in [-0.15, -0.1) is 67.4 Å². The molecule has 0 aliphatic carbocycles. The van der Waals surface area contributed by atoms with Crippen molar-refractivity contribution in [2.45, 2.75) is 0 Å². The number of benzene rings is 4. The smallest absolute Gasteiger partial charge is 0.656 e. The minimum atomic E-state index is 0. The number of fused-ring (bicyclic) bond motifs is 28. The Labute approximate surface area is 327 Å². The second-order valence-corrected chi connectivity index (χ2v) is 17.5. The van der Waals surface area contributed by atoms with Gasteiger partial charge in [-0.1, -0.05) is 72.8 Å². The van der Waals surface area contributed by atoms with Gasteiger partial charge in [-0.05, 0) is 70.1 Å². The van der Waals surface area contributed by atoms with Crippen LogP contribution in [0.1, 0.15) is 0 Å². The Kier molecular flexibility index (Phi) is 6.27. The average molecular weight is 792 g/mol. The fourth-order valence-corrected chi connectivity index (χ4v) is 12.9. The summed E-state index contributed by atoms with van der Waals surface area (Å²) in [5.41, 5.74) is 9.92. The second-order valence-electron chi connectivity index (χ2n) is 13.3. The van der Waals surface area contributed by atoms with E-state index in [1.54, 1.807) is 45.3 Å². The van der Waals surface area contributed by atoms with Crippen molar-refractivity contribution in [3.8, 4) is 43.7 Å². The molecular weight excluding hydrogens is 771 g/mol. The van der Waals surface area contributed by atoms with Crippen molar-refractivity contribution in [1.82, 2.24) is 19.9 Å². The van der Waals surface area contributed by atoms with E-state index in [4.69, 9.17) is 19.9 Å². The van der Waals surface area contributed by atoms with Crippen molar-refractivity contribution in [2.24, 2.45) is 0 Å². The third-order valence-corrected chi connectivity index (χ3v) is 15.2. The summed E-state index contributed by atoms with van der Waals surface area (Å²) in [7, 11) is 0. The minimum absolute atomic E-state index is 0. The molecule has 0 N–H and O–H groups in total. The Morgan fingerprint density at radius 3 is 1.17 bits per heavy atom. The van der Waals surface area contributed by atoms with Crippen LogP contribution in [0, 0.1) is 0 Å². The molecule has 2 aliphatic rings.